The van der Waals surface area contributed by atoms with E-state index in [1.54, 1.807) is 30.3 Å². The molecule has 0 saturated heterocycles. The third kappa shape index (κ3) is 7.17. The van der Waals surface area contributed by atoms with Crippen LogP contribution in [0.25, 0.3) is 11.4 Å². The second-order valence-corrected chi connectivity index (χ2v) is 6.80. The molecule has 0 atom stereocenters. The smallest absolute Gasteiger partial charge is 0.255 e. The first-order chi connectivity index (χ1) is 14.1. The molecule has 9 heteroatoms. The SMILES string of the molecule is Cc1nc(-c2cccnc2)[nH]c(=O)c1CC(=O)N(CCN)CCc1ccccc1.Cl.Cl. The van der Waals surface area contributed by atoms with Gasteiger partial charge < -0.3 is 15.6 Å². The van der Waals surface area contributed by atoms with Crippen molar-refractivity contribution in [2.75, 3.05) is 19.6 Å². The van der Waals surface area contributed by atoms with Gasteiger partial charge in [-0.15, -0.1) is 24.8 Å². The molecule has 31 heavy (non-hydrogen) atoms. The van der Waals surface area contributed by atoms with Crippen molar-refractivity contribution in [2.24, 2.45) is 5.73 Å². The minimum atomic E-state index is -0.305. The van der Waals surface area contributed by atoms with Crippen LogP contribution in [0.15, 0.2) is 59.7 Å². The lowest BCUT2D eigenvalue weighted by Crippen LogP contribution is -2.39. The molecule has 2 aromatic heterocycles. The summed E-state index contributed by atoms with van der Waals surface area (Å²) in [6, 6.07) is 13.6. The monoisotopic (exact) mass is 463 g/mol. The van der Waals surface area contributed by atoms with Gasteiger partial charge in [-0.05, 0) is 31.0 Å². The van der Waals surface area contributed by atoms with Gasteiger partial charge in [-0.25, -0.2) is 4.98 Å². The van der Waals surface area contributed by atoms with Gasteiger partial charge in [-0.1, -0.05) is 30.3 Å². The van der Waals surface area contributed by atoms with E-state index >= 15 is 0 Å². The Labute approximate surface area is 193 Å². The van der Waals surface area contributed by atoms with E-state index in [-0.39, 0.29) is 42.7 Å². The lowest BCUT2D eigenvalue weighted by atomic mass is 10.1. The van der Waals surface area contributed by atoms with Gasteiger partial charge in [-0.2, -0.15) is 0 Å². The molecule has 3 N–H and O–H groups in total. The molecule has 0 aliphatic heterocycles. The first-order valence-corrected chi connectivity index (χ1v) is 9.60. The van der Waals surface area contributed by atoms with Crippen LogP contribution in [-0.2, 0) is 17.6 Å². The number of carbonyl (C=O) groups is 1. The molecule has 0 unspecified atom stereocenters. The van der Waals surface area contributed by atoms with E-state index in [4.69, 9.17) is 5.73 Å². The highest BCUT2D eigenvalue weighted by Gasteiger charge is 2.18. The van der Waals surface area contributed by atoms with E-state index in [0.717, 1.165) is 17.5 Å². The molecule has 166 valence electrons. The third-order valence-electron chi connectivity index (χ3n) is 4.75. The van der Waals surface area contributed by atoms with Crippen LogP contribution in [0.4, 0.5) is 0 Å². The van der Waals surface area contributed by atoms with Crippen molar-refractivity contribution in [3.8, 4) is 11.4 Å². The Bertz CT molecular complexity index is 1010. The van der Waals surface area contributed by atoms with E-state index in [1.807, 2.05) is 36.4 Å². The number of nitrogens with zero attached hydrogens (tertiary/aromatic N) is 3. The highest BCUT2D eigenvalue weighted by atomic mass is 35.5. The number of amides is 1. The molecule has 0 radical (unpaired) electrons. The summed E-state index contributed by atoms with van der Waals surface area (Å²) in [4.78, 5) is 38.5. The normalized spacial score (nSPS) is 10.0. The van der Waals surface area contributed by atoms with Crippen molar-refractivity contribution in [1.29, 1.82) is 0 Å². The van der Waals surface area contributed by atoms with Crippen molar-refractivity contribution in [2.45, 2.75) is 19.8 Å². The highest BCUT2D eigenvalue weighted by Crippen LogP contribution is 2.13. The van der Waals surface area contributed by atoms with Crippen molar-refractivity contribution < 1.29 is 4.79 Å². The van der Waals surface area contributed by atoms with Crippen molar-refractivity contribution in [3.63, 3.8) is 0 Å². The number of rotatable bonds is 8. The maximum absolute atomic E-state index is 12.9. The van der Waals surface area contributed by atoms with Gasteiger partial charge in [0.15, 0.2) is 0 Å². The summed E-state index contributed by atoms with van der Waals surface area (Å²) >= 11 is 0. The van der Waals surface area contributed by atoms with Crippen molar-refractivity contribution >= 4 is 30.7 Å². The van der Waals surface area contributed by atoms with Gasteiger partial charge >= 0.3 is 0 Å². The van der Waals surface area contributed by atoms with Gasteiger partial charge in [0.1, 0.15) is 5.82 Å². The molecule has 0 bridgehead atoms. The summed E-state index contributed by atoms with van der Waals surface area (Å²) in [5, 5.41) is 0. The summed E-state index contributed by atoms with van der Waals surface area (Å²) in [5.41, 5.74) is 8.18. The number of aromatic amines is 1. The number of nitrogens with two attached hydrogens (primary N) is 1. The zero-order chi connectivity index (χ0) is 20.6. The summed E-state index contributed by atoms with van der Waals surface area (Å²) in [6.07, 6.45) is 4.02. The van der Waals surface area contributed by atoms with E-state index in [1.165, 1.54) is 0 Å². The fourth-order valence-electron chi connectivity index (χ4n) is 3.15. The minimum absolute atomic E-state index is 0. The second kappa shape index (κ2) is 12.8. The lowest BCUT2D eigenvalue weighted by Gasteiger charge is -2.22. The zero-order valence-corrected chi connectivity index (χ0v) is 18.9. The van der Waals surface area contributed by atoms with E-state index < -0.39 is 0 Å². The zero-order valence-electron chi connectivity index (χ0n) is 17.3. The number of hydrogen-bond donors (Lipinski definition) is 2. The second-order valence-electron chi connectivity index (χ2n) is 6.80. The van der Waals surface area contributed by atoms with Gasteiger partial charge in [0.2, 0.25) is 5.91 Å². The summed E-state index contributed by atoms with van der Waals surface area (Å²) < 4.78 is 0. The first-order valence-electron chi connectivity index (χ1n) is 9.60. The Morgan fingerprint density at radius 2 is 1.84 bits per heavy atom. The number of hydrogen-bond acceptors (Lipinski definition) is 5. The van der Waals surface area contributed by atoms with Crippen LogP contribution in [0.2, 0.25) is 0 Å². The summed E-state index contributed by atoms with van der Waals surface area (Å²) in [6.45, 7) is 3.12. The Kier molecular flexibility index (Phi) is 10.9. The maximum Gasteiger partial charge on any atom is 0.255 e. The van der Waals surface area contributed by atoms with Crippen molar-refractivity contribution in [3.05, 3.63) is 82.0 Å². The summed E-state index contributed by atoms with van der Waals surface area (Å²) in [7, 11) is 0. The maximum atomic E-state index is 12.9. The molecule has 3 aromatic rings. The largest absolute Gasteiger partial charge is 0.341 e. The number of pyridine rings is 1. The van der Waals surface area contributed by atoms with Gasteiger partial charge in [0, 0.05) is 48.8 Å². The number of aryl methyl sites for hydroxylation is 1. The molecule has 0 spiro atoms. The van der Waals surface area contributed by atoms with Crippen LogP contribution in [0.1, 0.15) is 16.8 Å². The Morgan fingerprint density at radius 1 is 1.10 bits per heavy atom. The number of H-pyrrole nitrogens is 1. The average Bonchev–Trinajstić information content (AvgIpc) is 2.74. The number of benzene rings is 1. The van der Waals surface area contributed by atoms with E-state index in [2.05, 4.69) is 15.0 Å². The molecule has 0 aliphatic rings. The quantitative estimate of drug-likeness (QED) is 0.533. The molecule has 1 aromatic carbocycles. The molecule has 7 nitrogen and oxygen atoms in total. The first kappa shape index (κ1) is 26.3. The predicted molar refractivity (Wildman–Crippen MR) is 127 cm³/mol. The van der Waals surface area contributed by atoms with Crippen molar-refractivity contribution in [1.82, 2.24) is 19.9 Å². The molecule has 0 saturated carbocycles. The summed E-state index contributed by atoms with van der Waals surface area (Å²) in [5.74, 6) is 0.315. The molecule has 0 aliphatic carbocycles. The van der Waals surface area contributed by atoms with Crippen LogP contribution >= 0.6 is 24.8 Å². The molecular formula is C22H27Cl2N5O2. The molecule has 3 rings (SSSR count). The third-order valence-corrected chi connectivity index (χ3v) is 4.75. The predicted octanol–water partition coefficient (Wildman–Crippen LogP) is 2.56. The van der Waals surface area contributed by atoms with Crippen LogP contribution in [-0.4, -0.2) is 45.4 Å². The Balaban J connectivity index is 0.00000240. The standard InChI is InChI=1S/C22H25N5O2.2ClH/c1-16-19(22(29)26-21(25-16)18-8-5-11-24-15-18)14-20(28)27(13-10-23)12-9-17-6-3-2-4-7-17;;/h2-8,11,15H,9-10,12-14,23H2,1H3,(H,25,26,29);2*1H. The minimum Gasteiger partial charge on any atom is -0.341 e. The van der Waals surface area contributed by atoms with E-state index in [0.29, 0.717) is 36.7 Å². The Hall–Kier alpha value is -2.74. The number of aromatic nitrogens is 3. The topological polar surface area (TPSA) is 105 Å². The highest BCUT2D eigenvalue weighted by molar-refractivity contribution is 5.85. The van der Waals surface area contributed by atoms with Crippen LogP contribution in [0.5, 0.6) is 0 Å². The molecule has 2 heterocycles. The number of carbonyl (C=O) groups excluding carboxylic acids is 1. The van der Waals surface area contributed by atoms with Crippen LogP contribution in [0, 0.1) is 6.92 Å². The molecular weight excluding hydrogens is 437 g/mol. The fraction of sp³-hybridized carbons (Fsp3) is 0.273. The average molecular weight is 464 g/mol. The van der Waals surface area contributed by atoms with Gasteiger partial charge in [-0.3, -0.25) is 14.6 Å². The van der Waals surface area contributed by atoms with Crippen LogP contribution < -0.4 is 11.3 Å². The number of halogens is 2. The molecule has 1 amide bonds. The lowest BCUT2D eigenvalue weighted by molar-refractivity contribution is -0.130. The van der Waals surface area contributed by atoms with Gasteiger partial charge in [0.05, 0.1) is 6.42 Å². The van der Waals surface area contributed by atoms with Crippen LogP contribution in [0.3, 0.4) is 0 Å². The van der Waals surface area contributed by atoms with E-state index in [9.17, 15) is 9.59 Å². The van der Waals surface area contributed by atoms with Gasteiger partial charge in [0.25, 0.3) is 5.56 Å². The Morgan fingerprint density at radius 3 is 2.45 bits per heavy atom. The number of nitrogens with one attached hydrogen (secondary N) is 1. The molecule has 0 fully saturated rings. The fourth-order valence-corrected chi connectivity index (χ4v) is 3.15.